The molecule has 0 aromatic carbocycles. The van der Waals surface area contributed by atoms with E-state index < -0.39 is 5.97 Å². The van der Waals surface area contributed by atoms with Crippen molar-refractivity contribution in [2.75, 3.05) is 0 Å². The molecule has 78 valence electrons. The van der Waals surface area contributed by atoms with Crippen LogP contribution in [0.4, 0.5) is 0 Å². The number of carboxylic acids is 1. The number of hydrogen-bond donors (Lipinski definition) is 1. The highest BCUT2D eigenvalue weighted by atomic mass is 16.5. The van der Waals surface area contributed by atoms with Gasteiger partial charge in [-0.3, -0.25) is 0 Å². The molecule has 0 aromatic heterocycles. The van der Waals surface area contributed by atoms with Gasteiger partial charge in [0.1, 0.15) is 0 Å². The Morgan fingerprint density at radius 1 is 1.64 bits per heavy atom. The van der Waals surface area contributed by atoms with E-state index >= 15 is 0 Å². The van der Waals surface area contributed by atoms with Gasteiger partial charge in [0.2, 0.25) is 0 Å². The van der Waals surface area contributed by atoms with Crippen LogP contribution < -0.4 is 0 Å². The fourth-order valence-corrected chi connectivity index (χ4v) is 0.963. The number of hydrogen-bond acceptors (Lipinski definition) is 2. The molecule has 0 fully saturated rings. The highest BCUT2D eigenvalue weighted by molar-refractivity contribution is 5.79. The molecule has 0 aliphatic rings. The van der Waals surface area contributed by atoms with Crippen LogP contribution in [0.3, 0.4) is 0 Å². The van der Waals surface area contributed by atoms with Crippen molar-refractivity contribution in [1.29, 1.82) is 0 Å². The van der Waals surface area contributed by atoms with Gasteiger partial charge in [-0.1, -0.05) is 25.7 Å². The Bertz CT molecular complexity index is 225. The van der Waals surface area contributed by atoms with E-state index in [2.05, 4.69) is 12.8 Å². The lowest BCUT2D eigenvalue weighted by Crippen LogP contribution is -2.06. The van der Waals surface area contributed by atoms with Crippen LogP contribution in [0.5, 0.6) is 0 Å². The van der Waals surface area contributed by atoms with Crippen molar-refractivity contribution in [2.45, 2.75) is 38.7 Å². The molecular weight excluding hydrogens is 180 g/mol. The molecule has 0 aliphatic heterocycles. The summed E-state index contributed by atoms with van der Waals surface area (Å²) in [5, 5.41) is 8.29. The number of rotatable bonds is 7. The van der Waals surface area contributed by atoms with E-state index in [1.807, 2.05) is 0 Å². The number of carbonyl (C=O) groups is 1. The molecule has 1 unspecified atom stereocenters. The summed E-state index contributed by atoms with van der Waals surface area (Å²) in [6, 6.07) is 0. The molecule has 0 radical (unpaired) electrons. The van der Waals surface area contributed by atoms with Crippen molar-refractivity contribution >= 4 is 5.97 Å². The number of terminal acetylenes is 1. The highest BCUT2D eigenvalue weighted by Gasteiger charge is 2.02. The van der Waals surface area contributed by atoms with E-state index in [4.69, 9.17) is 16.3 Å². The summed E-state index contributed by atoms with van der Waals surface area (Å²) in [6.07, 6.45) is 11.0. The number of unbranched alkanes of at least 4 members (excludes halogenated alkanes) is 2. The predicted molar refractivity (Wildman–Crippen MR) is 54.6 cm³/mol. The minimum absolute atomic E-state index is 0.308. The number of ether oxygens (including phenoxy) is 1. The first-order valence-corrected chi connectivity index (χ1v) is 4.71. The molecule has 0 aromatic rings. The first-order valence-electron chi connectivity index (χ1n) is 4.71. The van der Waals surface area contributed by atoms with E-state index in [-0.39, 0.29) is 6.10 Å². The topological polar surface area (TPSA) is 46.5 Å². The second-order valence-corrected chi connectivity index (χ2v) is 2.93. The molecule has 0 spiro atoms. The van der Waals surface area contributed by atoms with Crippen molar-refractivity contribution in [3.8, 4) is 12.3 Å². The van der Waals surface area contributed by atoms with E-state index in [1.165, 1.54) is 0 Å². The Morgan fingerprint density at radius 3 is 2.86 bits per heavy atom. The second kappa shape index (κ2) is 8.18. The third kappa shape index (κ3) is 7.23. The van der Waals surface area contributed by atoms with Crippen molar-refractivity contribution in [3.63, 3.8) is 0 Å². The van der Waals surface area contributed by atoms with Gasteiger partial charge in [-0.25, -0.2) is 4.79 Å². The van der Waals surface area contributed by atoms with E-state index in [0.717, 1.165) is 38.0 Å². The molecule has 0 amide bonds. The quantitative estimate of drug-likeness (QED) is 0.294. The van der Waals surface area contributed by atoms with Gasteiger partial charge in [-0.15, -0.1) is 6.42 Å². The van der Waals surface area contributed by atoms with E-state index in [1.54, 1.807) is 0 Å². The van der Waals surface area contributed by atoms with Crippen LogP contribution in [0.1, 0.15) is 32.6 Å². The Kier molecular flexibility index (Phi) is 7.35. The molecule has 0 bridgehead atoms. The SMILES string of the molecule is C#CC(CCCCC)O/C=C/C(=O)O. The van der Waals surface area contributed by atoms with Crippen LogP contribution in [0.15, 0.2) is 12.3 Å². The molecule has 3 heteroatoms. The lowest BCUT2D eigenvalue weighted by Gasteiger charge is -2.08. The smallest absolute Gasteiger partial charge is 0.331 e. The number of carboxylic acid groups (broad SMARTS) is 1. The van der Waals surface area contributed by atoms with Gasteiger partial charge < -0.3 is 9.84 Å². The van der Waals surface area contributed by atoms with Crippen LogP contribution in [0.2, 0.25) is 0 Å². The van der Waals surface area contributed by atoms with Crippen LogP contribution in [0, 0.1) is 12.3 Å². The van der Waals surface area contributed by atoms with Gasteiger partial charge in [-0.05, 0) is 12.8 Å². The van der Waals surface area contributed by atoms with E-state index in [9.17, 15) is 4.79 Å². The highest BCUT2D eigenvalue weighted by Crippen LogP contribution is 2.06. The van der Waals surface area contributed by atoms with Crippen molar-refractivity contribution in [3.05, 3.63) is 12.3 Å². The summed E-state index contributed by atoms with van der Waals surface area (Å²) in [6.45, 7) is 2.11. The molecule has 1 N–H and O–H groups in total. The third-order valence-electron chi connectivity index (χ3n) is 1.71. The average molecular weight is 196 g/mol. The normalized spacial score (nSPS) is 12.3. The molecule has 1 atom stereocenters. The van der Waals surface area contributed by atoms with Crippen molar-refractivity contribution in [2.24, 2.45) is 0 Å². The first kappa shape index (κ1) is 12.6. The van der Waals surface area contributed by atoms with Crippen LogP contribution in [-0.2, 0) is 9.53 Å². The van der Waals surface area contributed by atoms with Gasteiger partial charge in [0.15, 0.2) is 6.10 Å². The lowest BCUT2D eigenvalue weighted by molar-refractivity contribution is -0.131. The molecule has 0 saturated heterocycles. The van der Waals surface area contributed by atoms with Gasteiger partial charge in [0.25, 0.3) is 0 Å². The van der Waals surface area contributed by atoms with Gasteiger partial charge in [-0.2, -0.15) is 0 Å². The zero-order valence-corrected chi connectivity index (χ0v) is 8.40. The zero-order chi connectivity index (χ0) is 10.8. The fraction of sp³-hybridized carbons (Fsp3) is 0.545. The zero-order valence-electron chi connectivity index (χ0n) is 8.40. The lowest BCUT2D eigenvalue weighted by atomic mass is 10.1. The molecule has 3 nitrogen and oxygen atoms in total. The van der Waals surface area contributed by atoms with Crippen molar-refractivity contribution < 1.29 is 14.6 Å². The Hall–Kier alpha value is -1.43. The van der Waals surface area contributed by atoms with Gasteiger partial charge in [0.05, 0.1) is 12.3 Å². The Balaban J connectivity index is 3.70. The minimum Gasteiger partial charge on any atom is -0.485 e. The predicted octanol–water partition coefficient (Wildman–Crippen LogP) is 2.18. The molecule has 0 rings (SSSR count). The fourth-order valence-electron chi connectivity index (χ4n) is 0.963. The summed E-state index contributed by atoms with van der Waals surface area (Å²) in [7, 11) is 0. The third-order valence-corrected chi connectivity index (χ3v) is 1.71. The molecule has 14 heavy (non-hydrogen) atoms. The number of aliphatic carboxylic acids is 1. The standard InChI is InChI=1S/C11H16O3/c1-3-5-6-7-10(4-2)14-9-8-11(12)13/h2,8-10H,3,5-7H2,1H3,(H,12,13)/b9-8+. The molecule has 0 heterocycles. The maximum atomic E-state index is 10.1. The minimum atomic E-state index is -1.03. The summed E-state index contributed by atoms with van der Waals surface area (Å²) >= 11 is 0. The maximum absolute atomic E-state index is 10.1. The first-order chi connectivity index (χ1) is 6.70. The van der Waals surface area contributed by atoms with Gasteiger partial charge >= 0.3 is 5.97 Å². The van der Waals surface area contributed by atoms with Gasteiger partial charge in [0, 0.05) is 0 Å². The summed E-state index contributed by atoms with van der Waals surface area (Å²) in [4.78, 5) is 10.1. The average Bonchev–Trinajstić information content (AvgIpc) is 2.15. The molecular formula is C11H16O3. The summed E-state index contributed by atoms with van der Waals surface area (Å²) < 4.78 is 5.05. The Morgan fingerprint density at radius 2 is 2.36 bits per heavy atom. The molecule has 0 saturated carbocycles. The van der Waals surface area contributed by atoms with Crippen LogP contribution in [0.25, 0.3) is 0 Å². The monoisotopic (exact) mass is 196 g/mol. The summed E-state index contributed by atoms with van der Waals surface area (Å²) in [5.74, 6) is 1.44. The maximum Gasteiger partial charge on any atom is 0.331 e. The Labute approximate surface area is 84.8 Å². The largest absolute Gasteiger partial charge is 0.485 e. The summed E-state index contributed by atoms with van der Waals surface area (Å²) in [5.41, 5.74) is 0. The second-order valence-electron chi connectivity index (χ2n) is 2.93. The van der Waals surface area contributed by atoms with E-state index in [0.29, 0.717) is 0 Å². The van der Waals surface area contributed by atoms with Crippen LogP contribution >= 0.6 is 0 Å². The van der Waals surface area contributed by atoms with Crippen LogP contribution in [-0.4, -0.2) is 17.2 Å². The van der Waals surface area contributed by atoms with Crippen molar-refractivity contribution in [1.82, 2.24) is 0 Å². The molecule has 0 aliphatic carbocycles.